The second kappa shape index (κ2) is 7.29. The summed E-state index contributed by atoms with van der Waals surface area (Å²) in [6, 6.07) is 3.82. The minimum atomic E-state index is -4.89. The third-order valence-corrected chi connectivity index (χ3v) is 5.11. The monoisotopic (exact) mass is 447 g/mol. The molecule has 2 N–H and O–H groups in total. The van der Waals surface area contributed by atoms with Gasteiger partial charge in [0, 0.05) is 11.6 Å². The molecule has 0 spiro atoms. The van der Waals surface area contributed by atoms with E-state index >= 15 is 0 Å². The summed E-state index contributed by atoms with van der Waals surface area (Å²) >= 11 is 0. The number of rotatable bonds is 4. The van der Waals surface area contributed by atoms with Gasteiger partial charge in [-0.1, -0.05) is 0 Å². The fourth-order valence-corrected chi connectivity index (χ4v) is 3.70. The molecule has 0 fully saturated rings. The Hall–Kier alpha value is -3.12. The average molecular weight is 447 g/mol. The Morgan fingerprint density at radius 1 is 1.03 bits per heavy atom. The van der Waals surface area contributed by atoms with Crippen molar-refractivity contribution in [1.82, 2.24) is 0 Å². The van der Waals surface area contributed by atoms with Crippen LogP contribution in [-0.4, -0.2) is 22.6 Å². The molecule has 1 aromatic heterocycles. The summed E-state index contributed by atoms with van der Waals surface area (Å²) in [5.74, 6) is -2.59. The molecule has 3 aromatic rings. The van der Waals surface area contributed by atoms with Crippen LogP contribution < -0.4 is 20.0 Å². The van der Waals surface area contributed by atoms with Crippen LogP contribution in [-0.2, 0) is 16.2 Å². The van der Waals surface area contributed by atoms with Gasteiger partial charge in [0.15, 0.2) is 16.9 Å². The number of nitrogens with two attached hydrogens (primary N) is 1. The van der Waals surface area contributed by atoms with Crippen molar-refractivity contribution in [2.24, 2.45) is 5.14 Å². The van der Waals surface area contributed by atoms with Gasteiger partial charge in [0.1, 0.15) is 28.1 Å². The van der Waals surface area contributed by atoms with Gasteiger partial charge in [-0.2, -0.15) is 13.2 Å². The Kier molecular flexibility index (Phi) is 5.24. The van der Waals surface area contributed by atoms with Crippen molar-refractivity contribution in [3.63, 3.8) is 0 Å². The molecule has 0 unspecified atom stereocenters. The first kappa shape index (κ1) is 21.6. The van der Waals surface area contributed by atoms with Crippen molar-refractivity contribution in [3.05, 3.63) is 51.9 Å². The summed E-state index contributed by atoms with van der Waals surface area (Å²) in [5.41, 5.74) is -2.98. The average Bonchev–Trinajstić information content (AvgIpc) is 2.64. The van der Waals surface area contributed by atoms with Crippen molar-refractivity contribution >= 4 is 21.0 Å². The minimum Gasteiger partial charge on any atom is -0.492 e. The highest BCUT2D eigenvalue weighted by molar-refractivity contribution is 7.89. The zero-order valence-electron chi connectivity index (χ0n) is 15.3. The molecule has 0 aliphatic carbocycles. The molecule has 0 radical (unpaired) electrons. The van der Waals surface area contributed by atoms with Gasteiger partial charge in [-0.25, -0.2) is 17.9 Å². The van der Waals surface area contributed by atoms with Crippen LogP contribution in [0.1, 0.15) is 5.56 Å². The van der Waals surface area contributed by atoms with Crippen LogP contribution in [0.2, 0.25) is 0 Å². The highest BCUT2D eigenvalue weighted by Crippen LogP contribution is 2.45. The number of ether oxygens (including phenoxy) is 2. The molecule has 2 aromatic carbocycles. The fraction of sp³-hybridized carbons (Fsp3) is 0.167. The number of primary sulfonamides is 1. The lowest BCUT2D eigenvalue weighted by atomic mass is 10.1. The second-order valence-corrected chi connectivity index (χ2v) is 7.55. The predicted molar refractivity (Wildman–Crippen MR) is 97.4 cm³/mol. The zero-order valence-corrected chi connectivity index (χ0v) is 16.2. The third kappa shape index (κ3) is 3.71. The summed E-state index contributed by atoms with van der Waals surface area (Å²) in [6.07, 6.45) is -4.89. The van der Waals surface area contributed by atoms with Crippen molar-refractivity contribution in [1.29, 1.82) is 0 Å². The van der Waals surface area contributed by atoms with Gasteiger partial charge in [0.05, 0.1) is 19.1 Å². The highest BCUT2D eigenvalue weighted by atomic mass is 32.2. The first-order chi connectivity index (χ1) is 13.9. The van der Waals surface area contributed by atoms with E-state index in [9.17, 15) is 30.8 Å². The van der Waals surface area contributed by atoms with Gasteiger partial charge in [-0.15, -0.1) is 0 Å². The van der Waals surface area contributed by atoms with Gasteiger partial charge < -0.3 is 13.9 Å². The first-order valence-corrected chi connectivity index (χ1v) is 9.56. The van der Waals surface area contributed by atoms with Crippen LogP contribution in [0, 0.1) is 5.82 Å². The Bertz CT molecular complexity index is 1310. The molecule has 0 saturated carbocycles. The quantitative estimate of drug-likeness (QED) is 0.615. The van der Waals surface area contributed by atoms with Crippen molar-refractivity contribution in [2.45, 2.75) is 11.1 Å². The SMILES string of the molecule is COc1c(C(F)(F)F)cc2oc(-c3ccc(F)cc3S(N)(=O)=O)cc(=O)c2c1OC. The maximum Gasteiger partial charge on any atom is 0.420 e. The van der Waals surface area contributed by atoms with E-state index in [0.29, 0.717) is 12.1 Å². The molecule has 1 heterocycles. The Labute approximate surface area is 166 Å². The largest absolute Gasteiger partial charge is 0.492 e. The molecule has 160 valence electrons. The lowest BCUT2D eigenvalue weighted by molar-refractivity contribution is -0.138. The lowest BCUT2D eigenvalue weighted by Gasteiger charge is -2.17. The maximum atomic E-state index is 13.5. The first-order valence-electron chi connectivity index (χ1n) is 8.01. The summed E-state index contributed by atoms with van der Waals surface area (Å²) in [6.45, 7) is 0. The van der Waals surface area contributed by atoms with Gasteiger partial charge in [-0.3, -0.25) is 4.79 Å². The predicted octanol–water partition coefficient (Wildman–Crippen LogP) is 3.28. The third-order valence-electron chi connectivity index (χ3n) is 4.16. The summed E-state index contributed by atoms with van der Waals surface area (Å²) in [7, 11) is -2.43. The molecular formula is C18H13F4NO6S. The van der Waals surface area contributed by atoms with Crippen LogP contribution in [0.4, 0.5) is 17.6 Å². The van der Waals surface area contributed by atoms with Crippen LogP contribution >= 0.6 is 0 Å². The van der Waals surface area contributed by atoms with E-state index in [1.54, 1.807) is 0 Å². The van der Waals surface area contributed by atoms with E-state index in [1.807, 2.05) is 0 Å². The Morgan fingerprint density at radius 3 is 2.20 bits per heavy atom. The maximum absolute atomic E-state index is 13.5. The van der Waals surface area contributed by atoms with Gasteiger partial charge in [-0.05, 0) is 24.3 Å². The normalized spacial score (nSPS) is 12.2. The lowest BCUT2D eigenvalue weighted by Crippen LogP contribution is -2.14. The van der Waals surface area contributed by atoms with Crippen LogP contribution in [0.25, 0.3) is 22.3 Å². The summed E-state index contributed by atoms with van der Waals surface area (Å²) in [4.78, 5) is 12.0. The zero-order chi connectivity index (χ0) is 22.4. The van der Waals surface area contributed by atoms with Crippen molar-refractivity contribution in [2.75, 3.05) is 14.2 Å². The molecule has 3 rings (SSSR count). The van der Waals surface area contributed by atoms with E-state index in [4.69, 9.17) is 19.0 Å². The topological polar surface area (TPSA) is 109 Å². The highest BCUT2D eigenvalue weighted by Gasteiger charge is 2.38. The molecule has 0 aliphatic heterocycles. The second-order valence-electron chi connectivity index (χ2n) is 6.02. The fourth-order valence-electron chi connectivity index (χ4n) is 2.95. The number of sulfonamides is 1. The molecule has 0 amide bonds. The van der Waals surface area contributed by atoms with Gasteiger partial charge in [0.2, 0.25) is 10.0 Å². The molecule has 30 heavy (non-hydrogen) atoms. The summed E-state index contributed by atoms with van der Waals surface area (Å²) in [5, 5.41) is 4.72. The molecule has 0 aliphatic rings. The number of fused-ring (bicyclic) bond motifs is 1. The van der Waals surface area contributed by atoms with Gasteiger partial charge >= 0.3 is 6.18 Å². The van der Waals surface area contributed by atoms with Gasteiger partial charge in [0.25, 0.3) is 0 Å². The number of hydrogen-bond donors (Lipinski definition) is 1. The van der Waals surface area contributed by atoms with E-state index < -0.39 is 60.7 Å². The number of alkyl halides is 3. The van der Waals surface area contributed by atoms with Crippen molar-refractivity contribution < 1.29 is 39.9 Å². The van der Waals surface area contributed by atoms with E-state index in [0.717, 1.165) is 32.4 Å². The molecule has 7 nitrogen and oxygen atoms in total. The number of hydrogen-bond acceptors (Lipinski definition) is 6. The minimum absolute atomic E-state index is 0.304. The van der Waals surface area contributed by atoms with E-state index in [1.165, 1.54) is 0 Å². The molecule has 0 saturated heterocycles. The van der Waals surface area contributed by atoms with Crippen LogP contribution in [0.5, 0.6) is 11.5 Å². The van der Waals surface area contributed by atoms with Crippen molar-refractivity contribution in [3.8, 4) is 22.8 Å². The number of halogens is 4. The molecule has 0 bridgehead atoms. The van der Waals surface area contributed by atoms with E-state index in [-0.39, 0.29) is 10.9 Å². The van der Waals surface area contributed by atoms with Crippen LogP contribution in [0.15, 0.2) is 44.4 Å². The number of benzene rings is 2. The molecular weight excluding hydrogens is 434 g/mol. The molecule has 0 atom stereocenters. The molecule has 12 heteroatoms. The Morgan fingerprint density at radius 2 is 1.67 bits per heavy atom. The van der Waals surface area contributed by atoms with Crippen LogP contribution in [0.3, 0.4) is 0 Å². The smallest absolute Gasteiger partial charge is 0.420 e. The number of methoxy groups -OCH3 is 2. The Balaban J connectivity index is 2.45. The summed E-state index contributed by atoms with van der Waals surface area (Å²) < 4.78 is 92.7. The van der Waals surface area contributed by atoms with E-state index in [2.05, 4.69) is 0 Å². The standard InChI is InChI=1S/C18H13F4NO6S/c1-27-16-10(18(20,21)22)6-13-15(17(16)28-2)11(24)7-12(29-13)9-4-3-8(19)5-14(9)30(23,25)26/h3-7H,1-2H3,(H2,23,25,26).